The lowest BCUT2D eigenvalue weighted by Gasteiger charge is -2.54. The maximum Gasteiger partial charge on any atom is -0.00744 e. The second kappa shape index (κ2) is 10.3. The third-order valence-electron chi connectivity index (χ3n) is 7.92. The zero-order valence-electron chi connectivity index (χ0n) is 17.3. The molecule has 4 N–H and O–H groups in total. The maximum absolute atomic E-state index is 6.06. The molecule has 2 fully saturated rings. The van der Waals surface area contributed by atoms with E-state index < -0.39 is 0 Å². The highest BCUT2D eigenvalue weighted by atomic mass is 14.6. The second-order valence-corrected chi connectivity index (χ2v) is 9.44. The molecule has 0 spiro atoms. The SMILES string of the molecule is CCCC1(CC2(CCC)CCCCC2CCN)CCCCC1CCN. The molecule has 2 rings (SSSR count). The zero-order valence-corrected chi connectivity index (χ0v) is 17.3. The summed E-state index contributed by atoms with van der Waals surface area (Å²) in [6.45, 7) is 6.56. The van der Waals surface area contributed by atoms with Crippen molar-refractivity contribution >= 4 is 0 Å². The van der Waals surface area contributed by atoms with Gasteiger partial charge in [-0.3, -0.25) is 0 Å². The summed E-state index contributed by atoms with van der Waals surface area (Å²) in [5.41, 5.74) is 13.3. The van der Waals surface area contributed by atoms with E-state index >= 15 is 0 Å². The van der Waals surface area contributed by atoms with Crippen LogP contribution < -0.4 is 11.5 Å². The molecular weight excluding hydrogens is 304 g/mol. The quantitative estimate of drug-likeness (QED) is 0.505. The Morgan fingerprint density at radius 3 is 1.52 bits per heavy atom. The smallest absolute Gasteiger partial charge is 0.00744 e. The Bertz CT molecular complexity index is 323. The van der Waals surface area contributed by atoms with Crippen molar-refractivity contribution in [1.82, 2.24) is 0 Å². The molecule has 4 atom stereocenters. The van der Waals surface area contributed by atoms with E-state index in [1.165, 1.54) is 96.3 Å². The van der Waals surface area contributed by atoms with Gasteiger partial charge < -0.3 is 11.5 Å². The van der Waals surface area contributed by atoms with Crippen LogP contribution in [0.2, 0.25) is 0 Å². The summed E-state index contributed by atoms with van der Waals surface area (Å²) < 4.78 is 0. The van der Waals surface area contributed by atoms with Gasteiger partial charge in [-0.25, -0.2) is 0 Å². The molecule has 0 bridgehead atoms. The molecule has 0 aromatic carbocycles. The average molecular weight is 351 g/mol. The zero-order chi connectivity index (χ0) is 18.2. The Morgan fingerprint density at radius 2 is 1.16 bits per heavy atom. The van der Waals surface area contributed by atoms with Crippen molar-refractivity contribution in [2.24, 2.45) is 34.1 Å². The molecule has 0 aromatic rings. The van der Waals surface area contributed by atoms with E-state index in [-0.39, 0.29) is 0 Å². The Labute approximate surface area is 157 Å². The van der Waals surface area contributed by atoms with E-state index in [1.54, 1.807) is 0 Å². The van der Waals surface area contributed by atoms with Crippen LogP contribution in [-0.4, -0.2) is 13.1 Å². The molecule has 2 heteroatoms. The van der Waals surface area contributed by atoms with Crippen LogP contribution >= 0.6 is 0 Å². The van der Waals surface area contributed by atoms with E-state index in [2.05, 4.69) is 13.8 Å². The van der Waals surface area contributed by atoms with Gasteiger partial charge in [-0.2, -0.15) is 0 Å². The van der Waals surface area contributed by atoms with Crippen LogP contribution in [0.4, 0.5) is 0 Å². The highest BCUT2D eigenvalue weighted by Gasteiger charge is 2.48. The third-order valence-corrected chi connectivity index (χ3v) is 7.92. The lowest BCUT2D eigenvalue weighted by atomic mass is 9.51. The third kappa shape index (κ3) is 5.01. The van der Waals surface area contributed by atoms with Gasteiger partial charge in [-0.1, -0.05) is 52.4 Å². The van der Waals surface area contributed by atoms with Gasteiger partial charge in [0.05, 0.1) is 0 Å². The van der Waals surface area contributed by atoms with E-state index in [1.807, 2.05) is 0 Å². The van der Waals surface area contributed by atoms with E-state index in [9.17, 15) is 0 Å². The average Bonchev–Trinajstić information content (AvgIpc) is 2.60. The van der Waals surface area contributed by atoms with Gasteiger partial charge in [-0.05, 0) is 93.5 Å². The predicted molar refractivity (Wildman–Crippen MR) is 111 cm³/mol. The van der Waals surface area contributed by atoms with Gasteiger partial charge in [0.2, 0.25) is 0 Å². The molecule has 0 aromatic heterocycles. The van der Waals surface area contributed by atoms with Crippen LogP contribution in [0.1, 0.15) is 110 Å². The molecule has 0 radical (unpaired) electrons. The summed E-state index contributed by atoms with van der Waals surface area (Å²) in [4.78, 5) is 0. The first kappa shape index (κ1) is 21.2. The molecule has 0 amide bonds. The molecule has 148 valence electrons. The maximum atomic E-state index is 6.06. The fraction of sp³-hybridized carbons (Fsp3) is 1.00. The molecule has 25 heavy (non-hydrogen) atoms. The Balaban J connectivity index is 2.30. The largest absolute Gasteiger partial charge is 0.330 e. The van der Waals surface area contributed by atoms with Crippen molar-refractivity contribution in [3.8, 4) is 0 Å². The fourth-order valence-electron chi connectivity index (χ4n) is 7.06. The van der Waals surface area contributed by atoms with Crippen LogP contribution in [0.5, 0.6) is 0 Å². The minimum absolute atomic E-state index is 0.575. The van der Waals surface area contributed by atoms with Crippen molar-refractivity contribution in [2.45, 2.75) is 110 Å². The van der Waals surface area contributed by atoms with E-state index in [4.69, 9.17) is 11.5 Å². The minimum atomic E-state index is 0.575. The first-order chi connectivity index (χ1) is 12.2. The summed E-state index contributed by atoms with van der Waals surface area (Å²) in [5, 5.41) is 0. The molecule has 2 saturated carbocycles. The van der Waals surface area contributed by atoms with Crippen LogP contribution in [-0.2, 0) is 0 Å². The first-order valence-corrected chi connectivity index (χ1v) is 11.6. The summed E-state index contributed by atoms with van der Waals surface area (Å²) in [5.74, 6) is 1.75. The predicted octanol–water partition coefficient (Wildman–Crippen LogP) is 6.03. The van der Waals surface area contributed by atoms with Gasteiger partial charge in [0, 0.05) is 0 Å². The lowest BCUT2D eigenvalue weighted by molar-refractivity contribution is -0.0373. The Hall–Kier alpha value is -0.0800. The molecule has 0 saturated heterocycles. The molecule has 2 aliphatic rings. The number of hydrogen-bond donors (Lipinski definition) is 2. The van der Waals surface area contributed by atoms with Crippen molar-refractivity contribution in [2.75, 3.05) is 13.1 Å². The number of nitrogens with two attached hydrogens (primary N) is 2. The van der Waals surface area contributed by atoms with Crippen molar-refractivity contribution < 1.29 is 0 Å². The highest BCUT2D eigenvalue weighted by Crippen LogP contribution is 2.59. The van der Waals surface area contributed by atoms with Crippen molar-refractivity contribution in [1.29, 1.82) is 0 Å². The highest BCUT2D eigenvalue weighted by molar-refractivity contribution is 4.99. The second-order valence-electron chi connectivity index (χ2n) is 9.44. The van der Waals surface area contributed by atoms with Crippen LogP contribution in [0.15, 0.2) is 0 Å². The van der Waals surface area contributed by atoms with Gasteiger partial charge >= 0.3 is 0 Å². The van der Waals surface area contributed by atoms with Crippen molar-refractivity contribution in [3.05, 3.63) is 0 Å². The normalized spacial score (nSPS) is 36.5. The first-order valence-electron chi connectivity index (χ1n) is 11.6. The van der Waals surface area contributed by atoms with Crippen molar-refractivity contribution in [3.63, 3.8) is 0 Å². The number of rotatable bonds is 10. The van der Waals surface area contributed by atoms with E-state index in [0.717, 1.165) is 24.9 Å². The summed E-state index contributed by atoms with van der Waals surface area (Å²) in [7, 11) is 0. The number of hydrogen-bond acceptors (Lipinski definition) is 2. The van der Waals surface area contributed by atoms with Crippen LogP contribution in [0, 0.1) is 22.7 Å². The summed E-state index contributed by atoms with van der Waals surface area (Å²) in [6.07, 6.45) is 21.1. The lowest BCUT2D eigenvalue weighted by Crippen LogP contribution is -2.45. The monoisotopic (exact) mass is 350 g/mol. The molecular formula is C23H46N2. The standard InChI is InChI=1S/C23H46N2/c1-3-13-22(15-7-5-9-20(22)11-17-24)19-23(14-4-2)16-8-6-10-21(23)12-18-25/h20-21H,3-19,24-25H2,1-2H3. The summed E-state index contributed by atoms with van der Waals surface area (Å²) in [6, 6.07) is 0. The molecule has 4 unspecified atom stereocenters. The Kier molecular flexibility index (Phi) is 8.75. The van der Waals surface area contributed by atoms with E-state index in [0.29, 0.717) is 10.8 Å². The summed E-state index contributed by atoms with van der Waals surface area (Å²) >= 11 is 0. The molecule has 0 aliphatic heterocycles. The fourth-order valence-corrected chi connectivity index (χ4v) is 7.06. The van der Waals surface area contributed by atoms with Gasteiger partial charge in [0.15, 0.2) is 0 Å². The van der Waals surface area contributed by atoms with Gasteiger partial charge in [0.1, 0.15) is 0 Å². The minimum Gasteiger partial charge on any atom is -0.330 e. The Morgan fingerprint density at radius 1 is 0.720 bits per heavy atom. The molecule has 2 nitrogen and oxygen atoms in total. The topological polar surface area (TPSA) is 52.0 Å². The van der Waals surface area contributed by atoms with Crippen LogP contribution in [0.25, 0.3) is 0 Å². The molecule has 0 heterocycles. The van der Waals surface area contributed by atoms with Gasteiger partial charge in [0.25, 0.3) is 0 Å². The molecule has 2 aliphatic carbocycles. The van der Waals surface area contributed by atoms with Gasteiger partial charge in [-0.15, -0.1) is 0 Å². The van der Waals surface area contributed by atoms with Crippen LogP contribution in [0.3, 0.4) is 0 Å².